The number of anilines is 2. The maximum absolute atomic E-state index is 12.9. The summed E-state index contributed by atoms with van der Waals surface area (Å²) in [6, 6.07) is 16.8. The molecule has 0 radical (unpaired) electrons. The van der Waals surface area contributed by atoms with Crippen LogP contribution in [-0.4, -0.2) is 17.4 Å². The summed E-state index contributed by atoms with van der Waals surface area (Å²) in [4.78, 5) is 16.5. The molecule has 3 rings (SSSR count). The lowest BCUT2D eigenvalue weighted by Gasteiger charge is -2.09. The molecule has 132 valence electrons. The van der Waals surface area contributed by atoms with E-state index in [1.165, 1.54) is 12.1 Å². The lowest BCUT2D eigenvalue weighted by Crippen LogP contribution is -2.25. The number of halogens is 2. The first-order chi connectivity index (χ1) is 12.6. The Hall–Kier alpha value is -2.92. The molecule has 0 spiro atoms. The Bertz CT molecular complexity index is 900. The summed E-state index contributed by atoms with van der Waals surface area (Å²) in [5.41, 5.74) is 2.17. The number of nitrogens with one attached hydrogen (secondary N) is 2. The second kappa shape index (κ2) is 8.45. The predicted molar refractivity (Wildman–Crippen MR) is 101 cm³/mol. The van der Waals surface area contributed by atoms with Crippen LogP contribution in [0.1, 0.15) is 15.9 Å². The Labute approximate surface area is 156 Å². The van der Waals surface area contributed by atoms with Crippen molar-refractivity contribution < 1.29 is 9.18 Å². The third kappa shape index (κ3) is 4.80. The number of carbonyl (C=O) groups excluding carboxylic acids is 1. The van der Waals surface area contributed by atoms with E-state index >= 15 is 0 Å². The maximum atomic E-state index is 12.9. The zero-order valence-electron chi connectivity index (χ0n) is 13.9. The average Bonchev–Trinajstić information content (AvgIpc) is 2.65. The Morgan fingerprint density at radius 2 is 1.85 bits per heavy atom. The molecule has 6 heteroatoms. The van der Waals surface area contributed by atoms with E-state index in [1.807, 2.05) is 18.2 Å². The fourth-order valence-electron chi connectivity index (χ4n) is 2.41. The quantitative estimate of drug-likeness (QED) is 0.668. The summed E-state index contributed by atoms with van der Waals surface area (Å²) >= 11 is 6.12. The number of benzene rings is 2. The highest BCUT2D eigenvalue weighted by Crippen LogP contribution is 2.24. The minimum Gasteiger partial charge on any atom is -0.352 e. The summed E-state index contributed by atoms with van der Waals surface area (Å²) in [5.74, 6) is 0.0640. The smallest absolute Gasteiger partial charge is 0.251 e. The summed E-state index contributed by atoms with van der Waals surface area (Å²) < 4.78 is 12.9. The van der Waals surface area contributed by atoms with Crippen LogP contribution in [0.4, 0.5) is 15.9 Å². The molecule has 1 heterocycles. The van der Waals surface area contributed by atoms with E-state index in [9.17, 15) is 9.18 Å². The monoisotopic (exact) mass is 369 g/mol. The first kappa shape index (κ1) is 17.9. The lowest BCUT2D eigenvalue weighted by molar-refractivity contribution is 0.0954. The van der Waals surface area contributed by atoms with Crippen LogP contribution in [-0.2, 0) is 6.42 Å². The first-order valence-electron chi connectivity index (χ1n) is 8.12. The molecule has 26 heavy (non-hydrogen) atoms. The van der Waals surface area contributed by atoms with Crippen molar-refractivity contribution in [3.63, 3.8) is 0 Å². The number of para-hydroxylation sites is 1. The molecule has 0 atom stereocenters. The average molecular weight is 370 g/mol. The Balaban J connectivity index is 1.59. The van der Waals surface area contributed by atoms with Crippen molar-refractivity contribution in [1.82, 2.24) is 10.3 Å². The van der Waals surface area contributed by atoms with Gasteiger partial charge in [0.15, 0.2) is 0 Å². The van der Waals surface area contributed by atoms with Crippen molar-refractivity contribution in [3.8, 4) is 0 Å². The molecule has 4 nitrogen and oxygen atoms in total. The third-order valence-electron chi connectivity index (χ3n) is 3.77. The second-order valence-electron chi connectivity index (χ2n) is 5.67. The fourth-order valence-corrected chi connectivity index (χ4v) is 2.60. The van der Waals surface area contributed by atoms with Crippen LogP contribution in [0.2, 0.25) is 5.02 Å². The molecular formula is C20H17ClFN3O. The minimum absolute atomic E-state index is 0.197. The molecule has 0 aliphatic heterocycles. The van der Waals surface area contributed by atoms with Gasteiger partial charge in [0.2, 0.25) is 0 Å². The maximum Gasteiger partial charge on any atom is 0.251 e. The number of carbonyl (C=O) groups is 1. The van der Waals surface area contributed by atoms with Gasteiger partial charge in [0.1, 0.15) is 11.6 Å². The zero-order chi connectivity index (χ0) is 18.4. The Morgan fingerprint density at radius 3 is 2.62 bits per heavy atom. The summed E-state index contributed by atoms with van der Waals surface area (Å²) in [5, 5.41) is 6.52. The van der Waals surface area contributed by atoms with E-state index in [-0.39, 0.29) is 11.7 Å². The van der Waals surface area contributed by atoms with Gasteiger partial charge in [-0.2, -0.15) is 0 Å². The van der Waals surface area contributed by atoms with E-state index in [0.717, 1.165) is 11.3 Å². The molecule has 2 N–H and O–H groups in total. The molecule has 2 aromatic carbocycles. The van der Waals surface area contributed by atoms with E-state index in [2.05, 4.69) is 15.6 Å². The van der Waals surface area contributed by atoms with Gasteiger partial charge in [-0.1, -0.05) is 35.9 Å². The van der Waals surface area contributed by atoms with Crippen LogP contribution in [0.5, 0.6) is 0 Å². The largest absolute Gasteiger partial charge is 0.352 e. The van der Waals surface area contributed by atoms with Gasteiger partial charge in [0.25, 0.3) is 5.91 Å². The highest BCUT2D eigenvalue weighted by molar-refractivity contribution is 6.33. The van der Waals surface area contributed by atoms with Crippen LogP contribution < -0.4 is 10.6 Å². The topological polar surface area (TPSA) is 54.0 Å². The number of aromatic nitrogens is 1. The van der Waals surface area contributed by atoms with Crippen LogP contribution in [0.3, 0.4) is 0 Å². The standard InChI is InChI=1S/C20H17ClFN3O/c21-17-3-1-2-4-18(17)25-19-13-15(10-12-23-19)20(26)24-11-9-14-5-7-16(22)8-6-14/h1-8,10,12-13H,9,11H2,(H,23,25)(H,24,26). The number of nitrogens with zero attached hydrogens (tertiary/aromatic N) is 1. The van der Waals surface area contributed by atoms with Crippen LogP contribution >= 0.6 is 11.6 Å². The third-order valence-corrected chi connectivity index (χ3v) is 4.10. The Kier molecular flexibility index (Phi) is 5.81. The molecule has 0 bridgehead atoms. The van der Waals surface area contributed by atoms with E-state index in [4.69, 9.17) is 11.6 Å². The van der Waals surface area contributed by atoms with Gasteiger partial charge in [-0.3, -0.25) is 4.79 Å². The van der Waals surface area contributed by atoms with Gasteiger partial charge in [0, 0.05) is 18.3 Å². The summed E-state index contributed by atoms with van der Waals surface area (Å²) in [7, 11) is 0. The molecule has 1 amide bonds. The first-order valence-corrected chi connectivity index (χ1v) is 8.50. The number of pyridine rings is 1. The zero-order valence-corrected chi connectivity index (χ0v) is 14.6. The van der Waals surface area contributed by atoms with Crippen molar-refractivity contribution in [3.05, 3.63) is 88.8 Å². The van der Waals surface area contributed by atoms with E-state index in [0.29, 0.717) is 29.4 Å². The van der Waals surface area contributed by atoms with Crippen LogP contribution in [0, 0.1) is 5.82 Å². The van der Waals surface area contributed by atoms with E-state index < -0.39 is 0 Å². The van der Waals surface area contributed by atoms with E-state index in [1.54, 1.807) is 36.5 Å². The van der Waals surface area contributed by atoms with Gasteiger partial charge >= 0.3 is 0 Å². The number of hydrogen-bond donors (Lipinski definition) is 2. The number of hydrogen-bond acceptors (Lipinski definition) is 3. The van der Waals surface area contributed by atoms with Crippen molar-refractivity contribution in [1.29, 1.82) is 0 Å². The summed E-state index contributed by atoms with van der Waals surface area (Å²) in [6.45, 7) is 0.458. The molecule has 1 aromatic heterocycles. The summed E-state index contributed by atoms with van der Waals surface area (Å²) in [6.07, 6.45) is 2.19. The fraction of sp³-hybridized carbons (Fsp3) is 0.100. The Morgan fingerprint density at radius 1 is 1.08 bits per heavy atom. The van der Waals surface area contributed by atoms with Gasteiger partial charge in [0.05, 0.1) is 10.7 Å². The molecule has 0 aliphatic rings. The van der Waals surface area contributed by atoms with Crippen molar-refractivity contribution in [2.24, 2.45) is 0 Å². The molecule has 0 saturated carbocycles. The number of amides is 1. The normalized spacial score (nSPS) is 10.4. The molecule has 0 saturated heterocycles. The van der Waals surface area contributed by atoms with Crippen molar-refractivity contribution in [2.45, 2.75) is 6.42 Å². The number of rotatable bonds is 6. The van der Waals surface area contributed by atoms with Gasteiger partial charge < -0.3 is 10.6 Å². The van der Waals surface area contributed by atoms with Gasteiger partial charge in [-0.25, -0.2) is 9.37 Å². The highest BCUT2D eigenvalue weighted by atomic mass is 35.5. The van der Waals surface area contributed by atoms with Gasteiger partial charge in [-0.15, -0.1) is 0 Å². The molecular weight excluding hydrogens is 353 g/mol. The molecule has 0 unspecified atom stereocenters. The van der Waals surface area contributed by atoms with Crippen LogP contribution in [0.25, 0.3) is 0 Å². The second-order valence-corrected chi connectivity index (χ2v) is 6.07. The molecule has 0 fully saturated rings. The molecule has 3 aromatic rings. The van der Waals surface area contributed by atoms with Crippen molar-refractivity contribution in [2.75, 3.05) is 11.9 Å². The lowest BCUT2D eigenvalue weighted by atomic mass is 10.1. The minimum atomic E-state index is -0.270. The van der Waals surface area contributed by atoms with Crippen molar-refractivity contribution >= 4 is 29.0 Å². The highest BCUT2D eigenvalue weighted by Gasteiger charge is 2.08. The van der Waals surface area contributed by atoms with Crippen LogP contribution in [0.15, 0.2) is 66.9 Å². The predicted octanol–water partition coefficient (Wildman–Crippen LogP) is 4.59. The molecule has 0 aliphatic carbocycles. The SMILES string of the molecule is O=C(NCCc1ccc(F)cc1)c1ccnc(Nc2ccccc2Cl)c1. The van der Waals surface area contributed by atoms with Gasteiger partial charge in [-0.05, 0) is 48.4 Å².